The molecule has 0 aromatic rings. The van der Waals surface area contributed by atoms with Crippen LogP contribution in [0, 0.1) is 5.41 Å². The Morgan fingerprint density at radius 1 is 1.16 bits per heavy atom. The van der Waals surface area contributed by atoms with E-state index >= 15 is 0 Å². The van der Waals surface area contributed by atoms with E-state index in [4.69, 9.17) is 0 Å². The molecule has 0 aromatic heterocycles. The van der Waals surface area contributed by atoms with Gasteiger partial charge in [0.25, 0.3) is 0 Å². The van der Waals surface area contributed by atoms with Crippen molar-refractivity contribution in [2.75, 3.05) is 33.2 Å². The van der Waals surface area contributed by atoms with Crippen molar-refractivity contribution >= 4 is 12.0 Å². The van der Waals surface area contributed by atoms with Crippen molar-refractivity contribution in [1.82, 2.24) is 15.1 Å². The van der Waals surface area contributed by atoms with Crippen LogP contribution in [0.4, 0.5) is 4.79 Å². The van der Waals surface area contributed by atoms with Gasteiger partial charge in [0, 0.05) is 19.6 Å². The van der Waals surface area contributed by atoms with Crippen LogP contribution in [0.3, 0.4) is 0 Å². The largest absolute Gasteiger partial charge is 0.480 e. The number of hydrogen-bond donors (Lipinski definition) is 2. The van der Waals surface area contributed by atoms with Crippen LogP contribution in [0.25, 0.3) is 0 Å². The fourth-order valence-electron chi connectivity index (χ4n) is 2.11. The number of nitrogens with one attached hydrogen (secondary N) is 1. The Morgan fingerprint density at radius 2 is 1.79 bits per heavy atom. The molecule has 0 bridgehead atoms. The highest BCUT2D eigenvalue weighted by Gasteiger charge is 2.33. The number of rotatable bonds is 2. The highest BCUT2D eigenvalue weighted by atomic mass is 16.4. The maximum atomic E-state index is 12.2. The Balaban J connectivity index is 2.64. The number of urea groups is 1. The van der Waals surface area contributed by atoms with E-state index in [9.17, 15) is 14.7 Å². The second-order valence-electron chi connectivity index (χ2n) is 6.23. The Labute approximate surface area is 114 Å². The molecule has 1 rings (SSSR count). The van der Waals surface area contributed by atoms with E-state index in [0.717, 1.165) is 19.5 Å². The summed E-state index contributed by atoms with van der Waals surface area (Å²) in [6, 6.07) is -1.15. The van der Waals surface area contributed by atoms with Crippen LogP contribution in [-0.4, -0.2) is 66.2 Å². The lowest BCUT2D eigenvalue weighted by Gasteiger charge is -2.30. The number of carbonyl (C=O) groups is 2. The normalized spacial score (nSPS) is 19.7. The van der Waals surface area contributed by atoms with Gasteiger partial charge in [-0.3, -0.25) is 0 Å². The molecule has 19 heavy (non-hydrogen) atoms. The van der Waals surface area contributed by atoms with Crippen LogP contribution in [-0.2, 0) is 4.79 Å². The minimum absolute atomic E-state index is 0.280. The molecule has 6 nitrogen and oxygen atoms in total. The summed E-state index contributed by atoms with van der Waals surface area (Å²) >= 11 is 0. The van der Waals surface area contributed by atoms with E-state index in [1.165, 1.54) is 0 Å². The minimum Gasteiger partial charge on any atom is -0.480 e. The Hall–Kier alpha value is -1.30. The number of amides is 2. The molecular weight excluding hydrogens is 246 g/mol. The zero-order valence-corrected chi connectivity index (χ0v) is 12.3. The van der Waals surface area contributed by atoms with Crippen molar-refractivity contribution in [2.45, 2.75) is 33.2 Å². The van der Waals surface area contributed by atoms with Crippen molar-refractivity contribution in [2.24, 2.45) is 5.41 Å². The van der Waals surface area contributed by atoms with Gasteiger partial charge < -0.3 is 20.2 Å². The van der Waals surface area contributed by atoms with Crippen LogP contribution in [0.15, 0.2) is 0 Å². The third-order valence-corrected chi connectivity index (χ3v) is 3.39. The molecule has 1 atom stereocenters. The second kappa shape index (κ2) is 6.23. The van der Waals surface area contributed by atoms with Gasteiger partial charge in [0.05, 0.1) is 0 Å². The third-order valence-electron chi connectivity index (χ3n) is 3.39. The minimum atomic E-state index is -0.993. The van der Waals surface area contributed by atoms with Gasteiger partial charge in [-0.25, -0.2) is 9.59 Å². The van der Waals surface area contributed by atoms with Crippen LogP contribution in [0.5, 0.6) is 0 Å². The van der Waals surface area contributed by atoms with Crippen LogP contribution >= 0.6 is 0 Å². The summed E-state index contributed by atoms with van der Waals surface area (Å²) < 4.78 is 0. The fraction of sp³-hybridized carbons (Fsp3) is 0.846. The molecule has 2 amide bonds. The molecule has 1 aliphatic rings. The summed E-state index contributed by atoms with van der Waals surface area (Å²) in [4.78, 5) is 27.3. The van der Waals surface area contributed by atoms with Gasteiger partial charge in [0.2, 0.25) is 0 Å². The lowest BCUT2D eigenvalue weighted by atomic mass is 9.87. The van der Waals surface area contributed by atoms with E-state index in [-0.39, 0.29) is 6.03 Å². The summed E-state index contributed by atoms with van der Waals surface area (Å²) in [6.07, 6.45) is 0.914. The molecule has 1 heterocycles. The quantitative estimate of drug-likeness (QED) is 0.780. The standard InChI is InChI=1S/C13H25N3O3/c1-13(2,3)10(11(17)18)14-12(19)16-7-5-6-15(4)8-9-16/h10H,5-9H2,1-4H3,(H,14,19)(H,17,18). The number of nitrogens with zero attached hydrogens (tertiary/aromatic N) is 2. The molecule has 0 radical (unpaired) electrons. The maximum absolute atomic E-state index is 12.2. The zero-order chi connectivity index (χ0) is 14.6. The fourth-order valence-corrected chi connectivity index (χ4v) is 2.11. The van der Waals surface area contributed by atoms with Gasteiger partial charge in [-0.05, 0) is 25.4 Å². The van der Waals surface area contributed by atoms with Crippen molar-refractivity contribution in [3.8, 4) is 0 Å². The summed E-state index contributed by atoms with van der Waals surface area (Å²) in [5.74, 6) is -0.993. The Morgan fingerprint density at radius 3 is 2.32 bits per heavy atom. The highest BCUT2D eigenvalue weighted by molar-refractivity contribution is 5.83. The first kappa shape index (κ1) is 15.8. The first-order valence-corrected chi connectivity index (χ1v) is 6.68. The molecule has 1 aliphatic heterocycles. The van der Waals surface area contributed by atoms with Crippen molar-refractivity contribution in [3.63, 3.8) is 0 Å². The number of hydrogen-bond acceptors (Lipinski definition) is 3. The molecule has 2 N–H and O–H groups in total. The predicted octanol–water partition coefficient (Wildman–Crippen LogP) is 0.833. The first-order chi connectivity index (χ1) is 8.71. The van der Waals surface area contributed by atoms with E-state index in [2.05, 4.69) is 10.2 Å². The molecule has 0 saturated carbocycles. The third kappa shape index (κ3) is 4.70. The molecule has 0 aromatic carbocycles. The average Bonchev–Trinajstić information content (AvgIpc) is 2.48. The average molecular weight is 271 g/mol. The molecule has 1 saturated heterocycles. The van der Waals surface area contributed by atoms with E-state index in [1.54, 1.807) is 4.90 Å². The number of carboxylic acid groups (broad SMARTS) is 1. The Kier molecular flexibility index (Phi) is 5.17. The summed E-state index contributed by atoms with van der Waals surface area (Å²) in [5, 5.41) is 11.8. The summed E-state index contributed by atoms with van der Waals surface area (Å²) in [5.41, 5.74) is -0.510. The topological polar surface area (TPSA) is 72.9 Å². The molecule has 6 heteroatoms. The van der Waals surface area contributed by atoms with Gasteiger partial charge in [0.1, 0.15) is 6.04 Å². The number of likely N-dealkylation sites (N-methyl/N-ethyl adjacent to an activating group) is 1. The van der Waals surface area contributed by atoms with Gasteiger partial charge in [-0.15, -0.1) is 0 Å². The molecular formula is C13H25N3O3. The lowest BCUT2D eigenvalue weighted by Crippen LogP contribution is -2.53. The van der Waals surface area contributed by atoms with E-state index < -0.39 is 17.4 Å². The van der Waals surface area contributed by atoms with Gasteiger partial charge in [0.15, 0.2) is 0 Å². The summed E-state index contributed by atoms with van der Waals surface area (Å²) in [7, 11) is 2.02. The first-order valence-electron chi connectivity index (χ1n) is 6.68. The van der Waals surface area contributed by atoms with Crippen molar-refractivity contribution < 1.29 is 14.7 Å². The van der Waals surface area contributed by atoms with Gasteiger partial charge in [-0.2, -0.15) is 0 Å². The van der Waals surface area contributed by atoms with Crippen molar-refractivity contribution in [1.29, 1.82) is 0 Å². The molecule has 110 valence electrons. The summed E-state index contributed by atoms with van der Waals surface area (Å²) in [6.45, 7) is 8.52. The molecule has 0 spiro atoms. The number of carbonyl (C=O) groups excluding carboxylic acids is 1. The maximum Gasteiger partial charge on any atom is 0.326 e. The predicted molar refractivity (Wildman–Crippen MR) is 73.1 cm³/mol. The van der Waals surface area contributed by atoms with Gasteiger partial charge in [-0.1, -0.05) is 20.8 Å². The smallest absolute Gasteiger partial charge is 0.326 e. The SMILES string of the molecule is CN1CCCN(C(=O)NC(C(=O)O)C(C)(C)C)CC1. The van der Waals surface area contributed by atoms with Crippen LogP contribution in [0.2, 0.25) is 0 Å². The highest BCUT2D eigenvalue weighted by Crippen LogP contribution is 2.19. The van der Waals surface area contributed by atoms with Crippen molar-refractivity contribution in [3.05, 3.63) is 0 Å². The monoisotopic (exact) mass is 271 g/mol. The van der Waals surface area contributed by atoms with E-state index in [1.807, 2.05) is 27.8 Å². The second-order valence-corrected chi connectivity index (χ2v) is 6.23. The molecule has 0 aliphatic carbocycles. The lowest BCUT2D eigenvalue weighted by molar-refractivity contribution is -0.142. The molecule has 1 fully saturated rings. The number of carboxylic acids is 1. The Bertz CT molecular complexity index is 339. The van der Waals surface area contributed by atoms with Crippen LogP contribution in [0.1, 0.15) is 27.2 Å². The zero-order valence-electron chi connectivity index (χ0n) is 12.3. The number of aliphatic carboxylic acids is 1. The van der Waals surface area contributed by atoms with Crippen LogP contribution < -0.4 is 5.32 Å². The molecule has 1 unspecified atom stereocenters. The van der Waals surface area contributed by atoms with E-state index in [0.29, 0.717) is 13.1 Å². The van der Waals surface area contributed by atoms with Gasteiger partial charge >= 0.3 is 12.0 Å².